The molecule has 25 heavy (non-hydrogen) atoms. The van der Waals surface area contributed by atoms with Crippen LogP contribution in [0.25, 0.3) is 0 Å². The fraction of sp³-hybridized carbons (Fsp3) is 0.412. The van der Waals surface area contributed by atoms with Gasteiger partial charge in [-0.05, 0) is 31.0 Å². The second-order valence-electron chi connectivity index (χ2n) is 6.41. The number of carbonyl (C=O) groups excluding carboxylic acids is 4. The quantitative estimate of drug-likeness (QED) is 0.642. The van der Waals surface area contributed by atoms with Gasteiger partial charge in [0.05, 0.1) is 12.1 Å². The third-order valence-electron chi connectivity index (χ3n) is 4.59. The lowest BCUT2D eigenvalue weighted by molar-refractivity contribution is -0.130. The minimum absolute atomic E-state index is 0.224. The number of rotatable bonds is 4. The summed E-state index contributed by atoms with van der Waals surface area (Å²) < 4.78 is 14.1. The molecule has 8 heteroatoms. The summed E-state index contributed by atoms with van der Waals surface area (Å²) in [6, 6.07) is 3.03. The van der Waals surface area contributed by atoms with Crippen LogP contribution in [-0.4, -0.2) is 40.6 Å². The van der Waals surface area contributed by atoms with Crippen molar-refractivity contribution in [2.45, 2.75) is 38.1 Å². The molecule has 0 atom stereocenters. The van der Waals surface area contributed by atoms with E-state index in [0.29, 0.717) is 12.8 Å². The second-order valence-corrected chi connectivity index (χ2v) is 6.41. The van der Waals surface area contributed by atoms with Crippen LogP contribution in [0.5, 0.6) is 0 Å². The summed E-state index contributed by atoms with van der Waals surface area (Å²) in [5.74, 6) is -2.28. The Morgan fingerprint density at radius 3 is 2.56 bits per heavy atom. The standard InChI is InChI=1S/C17H18FN3O4/c1-10(22)19-11-4-5-12(13(18)8-11)14(23)9-21-15(24)17(20-16(21)25)6-2-3-7-17/h4-5,8H,2-3,6-7,9H2,1H3,(H,19,22)(H,20,25). The van der Waals surface area contributed by atoms with Crippen molar-refractivity contribution in [3.63, 3.8) is 0 Å². The Hall–Kier alpha value is -2.77. The summed E-state index contributed by atoms with van der Waals surface area (Å²) in [5.41, 5.74) is -0.908. The van der Waals surface area contributed by atoms with Crippen LogP contribution in [0, 0.1) is 5.82 Å². The van der Waals surface area contributed by atoms with Crippen molar-refractivity contribution in [2.75, 3.05) is 11.9 Å². The van der Waals surface area contributed by atoms with E-state index < -0.39 is 35.6 Å². The number of nitrogens with one attached hydrogen (secondary N) is 2. The molecule has 1 aromatic carbocycles. The van der Waals surface area contributed by atoms with Gasteiger partial charge >= 0.3 is 6.03 Å². The number of amides is 4. The summed E-state index contributed by atoms with van der Waals surface area (Å²) >= 11 is 0. The molecule has 0 radical (unpaired) electrons. The number of ketones is 1. The summed E-state index contributed by atoms with van der Waals surface area (Å²) in [5, 5.41) is 5.09. The van der Waals surface area contributed by atoms with E-state index in [1.54, 1.807) is 0 Å². The fourth-order valence-electron chi connectivity index (χ4n) is 3.39. The van der Waals surface area contributed by atoms with Gasteiger partial charge in [0.25, 0.3) is 5.91 Å². The van der Waals surface area contributed by atoms with Crippen LogP contribution in [0.4, 0.5) is 14.9 Å². The molecule has 0 unspecified atom stereocenters. The number of benzene rings is 1. The molecule has 4 amide bonds. The lowest BCUT2D eigenvalue weighted by Crippen LogP contribution is -2.44. The van der Waals surface area contributed by atoms with Gasteiger partial charge in [-0.1, -0.05) is 12.8 Å². The topological polar surface area (TPSA) is 95.6 Å². The fourth-order valence-corrected chi connectivity index (χ4v) is 3.39. The number of nitrogens with zero attached hydrogens (tertiary/aromatic N) is 1. The Morgan fingerprint density at radius 2 is 1.96 bits per heavy atom. The first kappa shape index (κ1) is 17.1. The molecule has 1 aliphatic carbocycles. The Bertz CT molecular complexity index is 771. The van der Waals surface area contributed by atoms with Gasteiger partial charge in [0.2, 0.25) is 5.91 Å². The molecule has 0 aromatic heterocycles. The number of carbonyl (C=O) groups is 4. The van der Waals surface area contributed by atoms with Crippen LogP contribution in [0.2, 0.25) is 0 Å². The number of halogens is 1. The molecule has 7 nitrogen and oxygen atoms in total. The molecule has 1 aromatic rings. The maximum atomic E-state index is 14.1. The molecule has 0 bridgehead atoms. The monoisotopic (exact) mass is 347 g/mol. The highest BCUT2D eigenvalue weighted by Crippen LogP contribution is 2.35. The number of hydrogen-bond donors (Lipinski definition) is 2. The van der Waals surface area contributed by atoms with Crippen molar-refractivity contribution in [1.82, 2.24) is 10.2 Å². The lowest BCUT2D eigenvalue weighted by atomic mass is 9.98. The average Bonchev–Trinajstić information content (AvgIpc) is 3.08. The number of urea groups is 1. The van der Waals surface area contributed by atoms with Crippen LogP contribution in [0.3, 0.4) is 0 Å². The third kappa shape index (κ3) is 3.11. The Kier molecular flexibility index (Phi) is 4.28. The summed E-state index contributed by atoms with van der Waals surface area (Å²) in [6.45, 7) is 0.774. The number of imide groups is 1. The molecule has 2 fully saturated rings. The molecule has 3 rings (SSSR count). The van der Waals surface area contributed by atoms with E-state index in [1.807, 2.05) is 0 Å². The predicted molar refractivity (Wildman–Crippen MR) is 86.5 cm³/mol. The van der Waals surface area contributed by atoms with E-state index in [-0.39, 0.29) is 17.2 Å². The molecule has 2 N–H and O–H groups in total. The first-order valence-corrected chi connectivity index (χ1v) is 8.07. The van der Waals surface area contributed by atoms with Gasteiger partial charge in [-0.3, -0.25) is 19.3 Å². The van der Waals surface area contributed by atoms with Gasteiger partial charge in [0, 0.05) is 12.6 Å². The number of Topliss-reactive ketones (excluding diaryl/α,β-unsaturated/α-hetero) is 1. The molecule has 1 spiro atoms. The minimum atomic E-state index is -0.898. The van der Waals surface area contributed by atoms with E-state index in [4.69, 9.17) is 0 Å². The average molecular weight is 347 g/mol. The summed E-state index contributed by atoms with van der Waals surface area (Å²) in [4.78, 5) is 48.8. The molecular weight excluding hydrogens is 329 g/mol. The van der Waals surface area contributed by atoms with Crippen molar-refractivity contribution in [2.24, 2.45) is 0 Å². The molecule has 2 aliphatic rings. The van der Waals surface area contributed by atoms with Gasteiger partial charge in [-0.25, -0.2) is 9.18 Å². The van der Waals surface area contributed by atoms with E-state index in [2.05, 4.69) is 10.6 Å². The minimum Gasteiger partial charge on any atom is -0.326 e. The van der Waals surface area contributed by atoms with Crippen molar-refractivity contribution < 1.29 is 23.6 Å². The first-order valence-electron chi connectivity index (χ1n) is 8.07. The molecular formula is C17H18FN3O4. The van der Waals surface area contributed by atoms with Crippen LogP contribution in [-0.2, 0) is 9.59 Å². The van der Waals surface area contributed by atoms with Gasteiger partial charge in [-0.2, -0.15) is 0 Å². The maximum Gasteiger partial charge on any atom is 0.325 e. The van der Waals surface area contributed by atoms with Crippen molar-refractivity contribution in [3.05, 3.63) is 29.6 Å². The smallest absolute Gasteiger partial charge is 0.325 e. The zero-order valence-electron chi connectivity index (χ0n) is 13.7. The second kappa shape index (κ2) is 6.27. The van der Waals surface area contributed by atoms with Gasteiger partial charge < -0.3 is 10.6 Å². The summed E-state index contributed by atoms with van der Waals surface area (Å²) in [7, 11) is 0. The highest BCUT2D eigenvalue weighted by molar-refractivity contribution is 6.11. The van der Waals surface area contributed by atoms with Gasteiger partial charge in [0.15, 0.2) is 5.78 Å². The molecule has 132 valence electrons. The summed E-state index contributed by atoms with van der Waals surface area (Å²) in [6.07, 6.45) is 2.80. The maximum absolute atomic E-state index is 14.1. The largest absolute Gasteiger partial charge is 0.326 e. The zero-order valence-corrected chi connectivity index (χ0v) is 13.7. The van der Waals surface area contributed by atoms with Gasteiger partial charge in [-0.15, -0.1) is 0 Å². The van der Waals surface area contributed by atoms with E-state index in [9.17, 15) is 23.6 Å². The molecule has 1 heterocycles. The molecule has 1 aliphatic heterocycles. The van der Waals surface area contributed by atoms with Crippen molar-refractivity contribution in [3.8, 4) is 0 Å². The van der Waals surface area contributed by atoms with Crippen molar-refractivity contribution >= 4 is 29.3 Å². The van der Waals surface area contributed by atoms with Crippen LogP contribution < -0.4 is 10.6 Å². The normalized spacial score (nSPS) is 18.6. The van der Waals surface area contributed by atoms with Crippen molar-refractivity contribution in [1.29, 1.82) is 0 Å². The highest BCUT2D eigenvalue weighted by Gasteiger charge is 2.52. The first-order chi connectivity index (χ1) is 11.8. The lowest BCUT2D eigenvalue weighted by Gasteiger charge is -2.19. The number of hydrogen-bond acceptors (Lipinski definition) is 4. The van der Waals surface area contributed by atoms with Gasteiger partial charge in [0.1, 0.15) is 11.4 Å². The Labute approximate surface area is 143 Å². The van der Waals surface area contributed by atoms with E-state index in [1.165, 1.54) is 19.1 Å². The van der Waals surface area contributed by atoms with Crippen LogP contribution in [0.1, 0.15) is 43.0 Å². The SMILES string of the molecule is CC(=O)Nc1ccc(C(=O)CN2C(=O)NC3(CCCC3)C2=O)c(F)c1. The highest BCUT2D eigenvalue weighted by atomic mass is 19.1. The number of anilines is 1. The Morgan fingerprint density at radius 1 is 1.28 bits per heavy atom. The van der Waals surface area contributed by atoms with Crippen LogP contribution >= 0.6 is 0 Å². The zero-order chi connectivity index (χ0) is 18.2. The van der Waals surface area contributed by atoms with E-state index >= 15 is 0 Å². The van der Waals surface area contributed by atoms with E-state index in [0.717, 1.165) is 23.8 Å². The Balaban J connectivity index is 1.75. The predicted octanol–water partition coefficient (Wildman–Crippen LogP) is 1.83. The molecule has 1 saturated carbocycles. The van der Waals surface area contributed by atoms with Crippen LogP contribution in [0.15, 0.2) is 18.2 Å². The third-order valence-corrected chi connectivity index (χ3v) is 4.59. The molecule has 1 saturated heterocycles.